The van der Waals surface area contributed by atoms with Gasteiger partial charge in [-0.05, 0) is 37.7 Å². The Morgan fingerprint density at radius 2 is 2.05 bits per heavy atom. The van der Waals surface area contributed by atoms with Crippen LogP contribution >= 0.6 is 11.6 Å². The first kappa shape index (κ1) is 16.7. The molecule has 1 aliphatic rings. The summed E-state index contributed by atoms with van der Waals surface area (Å²) in [6.45, 7) is 2.79. The van der Waals surface area contributed by atoms with E-state index in [1.807, 2.05) is 25.9 Å². The van der Waals surface area contributed by atoms with Gasteiger partial charge in [0, 0.05) is 25.0 Å². The number of nitrogens with zero attached hydrogens (tertiary/aromatic N) is 2. The zero-order chi connectivity index (χ0) is 15.8. The van der Waals surface area contributed by atoms with E-state index in [-0.39, 0.29) is 22.7 Å². The number of hydrogen-bond donors (Lipinski definition) is 0. The summed E-state index contributed by atoms with van der Waals surface area (Å²) >= 11 is 5.63. The van der Waals surface area contributed by atoms with Crippen LogP contribution in [0.25, 0.3) is 0 Å². The van der Waals surface area contributed by atoms with Gasteiger partial charge in [0.15, 0.2) is 0 Å². The molecule has 0 bridgehead atoms. The molecule has 0 amide bonds. The van der Waals surface area contributed by atoms with Crippen molar-refractivity contribution < 1.29 is 12.8 Å². The zero-order valence-electron chi connectivity index (χ0n) is 12.4. The summed E-state index contributed by atoms with van der Waals surface area (Å²) in [7, 11) is 0.0424. The Morgan fingerprint density at radius 1 is 1.38 bits per heavy atom. The number of likely N-dealkylation sites (N-methyl/N-ethyl adjacent to an activating group) is 1. The lowest BCUT2D eigenvalue weighted by Gasteiger charge is -2.22. The molecule has 1 heterocycles. The molecule has 2 rings (SSSR count). The van der Waals surface area contributed by atoms with Crippen molar-refractivity contribution >= 4 is 21.6 Å². The molecule has 118 valence electrons. The maximum atomic E-state index is 14.1. The van der Waals surface area contributed by atoms with Gasteiger partial charge in [-0.3, -0.25) is 0 Å². The van der Waals surface area contributed by atoms with Crippen LogP contribution in [0.15, 0.2) is 23.1 Å². The molecule has 4 nitrogen and oxygen atoms in total. The highest BCUT2D eigenvalue weighted by molar-refractivity contribution is 7.89. The van der Waals surface area contributed by atoms with Crippen molar-refractivity contribution in [2.75, 3.05) is 27.2 Å². The topological polar surface area (TPSA) is 40.6 Å². The number of sulfonamides is 1. The van der Waals surface area contributed by atoms with Crippen LogP contribution in [0.4, 0.5) is 4.39 Å². The van der Waals surface area contributed by atoms with Crippen LogP contribution in [0.3, 0.4) is 0 Å². The molecule has 0 aromatic heterocycles. The first-order valence-corrected chi connectivity index (χ1v) is 8.75. The summed E-state index contributed by atoms with van der Waals surface area (Å²) < 4.78 is 40.6. The maximum absolute atomic E-state index is 14.1. The van der Waals surface area contributed by atoms with Crippen LogP contribution < -0.4 is 0 Å². The van der Waals surface area contributed by atoms with Crippen LogP contribution in [0.1, 0.15) is 12.5 Å². The first-order valence-electron chi connectivity index (χ1n) is 6.78. The smallest absolute Gasteiger partial charge is 0.246 e. The lowest BCUT2D eigenvalue weighted by Crippen LogP contribution is -2.36. The molecular weight excluding hydrogens is 315 g/mol. The Morgan fingerprint density at radius 3 is 2.52 bits per heavy atom. The van der Waals surface area contributed by atoms with Crippen molar-refractivity contribution in [3.63, 3.8) is 0 Å². The molecule has 0 aliphatic carbocycles. The average Bonchev–Trinajstić information content (AvgIpc) is 2.81. The monoisotopic (exact) mass is 334 g/mol. The summed E-state index contributed by atoms with van der Waals surface area (Å²) in [5.74, 6) is -0.380. The molecule has 21 heavy (non-hydrogen) atoms. The third-order valence-electron chi connectivity index (χ3n) is 3.97. The van der Waals surface area contributed by atoms with Crippen LogP contribution in [0.5, 0.6) is 0 Å². The van der Waals surface area contributed by atoms with Gasteiger partial charge in [0.05, 0.1) is 0 Å². The van der Waals surface area contributed by atoms with Crippen molar-refractivity contribution in [3.8, 4) is 0 Å². The van der Waals surface area contributed by atoms with E-state index >= 15 is 0 Å². The largest absolute Gasteiger partial charge is 0.305 e. The molecule has 1 fully saturated rings. The third-order valence-corrected chi connectivity index (χ3v) is 6.14. The van der Waals surface area contributed by atoms with E-state index in [9.17, 15) is 12.8 Å². The molecule has 1 aliphatic heterocycles. The Labute approximate surface area is 130 Å². The van der Waals surface area contributed by atoms with Crippen LogP contribution in [0.2, 0.25) is 0 Å². The summed E-state index contributed by atoms with van der Waals surface area (Å²) in [4.78, 5) is 1.73. The number of hydrogen-bond acceptors (Lipinski definition) is 3. The second-order valence-electron chi connectivity index (χ2n) is 5.73. The van der Waals surface area contributed by atoms with E-state index in [0.29, 0.717) is 18.7 Å². The van der Waals surface area contributed by atoms with E-state index in [0.717, 1.165) is 0 Å². The average molecular weight is 335 g/mol. The molecule has 0 spiro atoms. The van der Waals surface area contributed by atoms with Crippen molar-refractivity contribution in [1.82, 2.24) is 9.21 Å². The van der Waals surface area contributed by atoms with E-state index in [1.165, 1.54) is 16.4 Å². The molecule has 1 aromatic carbocycles. The molecule has 0 saturated carbocycles. The normalized spacial score (nSPS) is 23.9. The number of halogens is 2. The molecule has 0 N–H and O–H groups in total. The molecular formula is C14H20ClFN2O2S. The Balaban J connectivity index is 2.31. The highest BCUT2D eigenvalue weighted by atomic mass is 35.5. The summed E-state index contributed by atoms with van der Waals surface area (Å²) in [6, 6.07) is 4.18. The van der Waals surface area contributed by atoms with Crippen molar-refractivity contribution in [3.05, 3.63) is 29.6 Å². The fourth-order valence-corrected chi connectivity index (χ4v) is 4.52. The van der Waals surface area contributed by atoms with Crippen LogP contribution in [0, 0.1) is 11.7 Å². The lowest BCUT2D eigenvalue weighted by molar-refractivity contribution is 0.263. The van der Waals surface area contributed by atoms with E-state index in [2.05, 4.69) is 0 Å². The van der Waals surface area contributed by atoms with Gasteiger partial charge in [0.1, 0.15) is 10.7 Å². The summed E-state index contributed by atoms with van der Waals surface area (Å²) in [5.41, 5.74) is 0.564. The minimum Gasteiger partial charge on any atom is -0.305 e. The fourth-order valence-electron chi connectivity index (χ4n) is 2.75. The predicted molar refractivity (Wildman–Crippen MR) is 81.4 cm³/mol. The SMILES string of the molecule is CC1CN(S(=O)(=O)c2ccc(CCl)cc2F)CC1N(C)C. The number of benzene rings is 1. The van der Waals surface area contributed by atoms with Crippen LogP contribution in [-0.2, 0) is 15.9 Å². The van der Waals surface area contributed by atoms with Gasteiger partial charge in [0.2, 0.25) is 10.0 Å². The van der Waals surface area contributed by atoms with Gasteiger partial charge in [0.25, 0.3) is 0 Å². The fraction of sp³-hybridized carbons (Fsp3) is 0.571. The molecule has 2 unspecified atom stereocenters. The highest BCUT2D eigenvalue weighted by Gasteiger charge is 2.39. The second kappa shape index (κ2) is 6.20. The van der Waals surface area contributed by atoms with Crippen molar-refractivity contribution in [1.29, 1.82) is 0 Å². The second-order valence-corrected chi connectivity index (χ2v) is 7.90. The minimum absolute atomic E-state index is 0.143. The van der Waals surface area contributed by atoms with Gasteiger partial charge in [-0.1, -0.05) is 13.0 Å². The van der Waals surface area contributed by atoms with Gasteiger partial charge in [-0.25, -0.2) is 12.8 Å². The Hall–Kier alpha value is -0.690. The van der Waals surface area contributed by atoms with Gasteiger partial charge < -0.3 is 4.90 Å². The molecule has 1 saturated heterocycles. The highest BCUT2D eigenvalue weighted by Crippen LogP contribution is 2.28. The quantitative estimate of drug-likeness (QED) is 0.792. The Bertz CT molecular complexity index is 621. The van der Waals surface area contributed by atoms with E-state index in [1.54, 1.807) is 6.07 Å². The minimum atomic E-state index is -3.81. The third kappa shape index (κ3) is 3.23. The predicted octanol–water partition coefficient (Wildman–Crippen LogP) is 2.14. The molecule has 7 heteroatoms. The van der Waals surface area contributed by atoms with Crippen molar-refractivity contribution in [2.24, 2.45) is 5.92 Å². The van der Waals surface area contributed by atoms with Crippen molar-refractivity contribution in [2.45, 2.75) is 23.7 Å². The molecule has 1 aromatic rings. The number of alkyl halides is 1. The van der Waals surface area contributed by atoms with Gasteiger partial charge in [-0.15, -0.1) is 11.6 Å². The molecule has 0 radical (unpaired) electrons. The lowest BCUT2D eigenvalue weighted by atomic mass is 10.1. The van der Waals surface area contributed by atoms with E-state index in [4.69, 9.17) is 11.6 Å². The first-order chi connectivity index (χ1) is 9.77. The maximum Gasteiger partial charge on any atom is 0.246 e. The number of rotatable bonds is 4. The van der Waals surface area contributed by atoms with Crippen LogP contribution in [-0.4, -0.2) is 50.8 Å². The van der Waals surface area contributed by atoms with Gasteiger partial charge in [-0.2, -0.15) is 4.31 Å². The summed E-state index contributed by atoms with van der Waals surface area (Å²) in [5, 5.41) is 0. The Kier molecular flexibility index (Phi) is 4.92. The van der Waals surface area contributed by atoms with E-state index < -0.39 is 15.8 Å². The molecule has 2 atom stereocenters. The summed E-state index contributed by atoms with van der Waals surface area (Å²) in [6.07, 6.45) is 0. The van der Waals surface area contributed by atoms with Gasteiger partial charge >= 0.3 is 0 Å². The zero-order valence-corrected chi connectivity index (χ0v) is 14.0. The standard InChI is InChI=1S/C14H20ClFN2O2S/c1-10-8-18(9-13(10)17(2)3)21(19,20)14-5-4-11(7-15)6-12(14)16/h4-6,10,13H,7-9H2,1-3H3.